The molecule has 0 radical (unpaired) electrons. The monoisotopic (exact) mass is 328 g/mol. The van der Waals surface area contributed by atoms with Crippen LogP contribution in [0.1, 0.15) is 24.0 Å². The predicted octanol–water partition coefficient (Wildman–Crippen LogP) is 1.76. The zero-order valence-corrected chi connectivity index (χ0v) is 14.0. The van der Waals surface area contributed by atoms with E-state index in [9.17, 15) is 0 Å². The molecular weight excluding hydrogens is 304 g/mol. The zero-order valence-electron chi connectivity index (χ0n) is 14.0. The molecule has 3 heterocycles. The molecule has 0 amide bonds. The highest BCUT2D eigenvalue weighted by molar-refractivity contribution is 5.09. The first-order chi connectivity index (χ1) is 11.8. The van der Waals surface area contributed by atoms with Crippen LogP contribution in [0.3, 0.4) is 0 Å². The molecule has 2 aromatic rings. The number of aromatic nitrogens is 3. The second kappa shape index (κ2) is 7.01. The average Bonchev–Trinajstić information content (AvgIpc) is 3.21. The first-order valence-corrected chi connectivity index (χ1v) is 8.63. The fourth-order valence-corrected chi connectivity index (χ4v) is 3.84. The molecule has 2 fully saturated rings. The van der Waals surface area contributed by atoms with Crippen molar-refractivity contribution in [3.05, 3.63) is 48.0 Å². The van der Waals surface area contributed by atoms with Crippen LogP contribution in [0.15, 0.2) is 36.9 Å². The van der Waals surface area contributed by atoms with E-state index >= 15 is 0 Å². The van der Waals surface area contributed by atoms with Crippen molar-refractivity contribution >= 4 is 0 Å². The van der Waals surface area contributed by atoms with Gasteiger partial charge in [-0.25, -0.2) is 0 Å². The van der Waals surface area contributed by atoms with Crippen LogP contribution in [0.5, 0.6) is 0 Å². The number of aryl methyl sites for hydroxylation is 1. The van der Waals surface area contributed by atoms with Gasteiger partial charge in [0.2, 0.25) is 0 Å². The normalized spacial score (nSPS) is 27.3. The summed E-state index contributed by atoms with van der Waals surface area (Å²) in [6.45, 7) is 3.32. The van der Waals surface area contributed by atoms with Crippen molar-refractivity contribution in [2.24, 2.45) is 7.05 Å². The molecule has 128 valence electrons. The van der Waals surface area contributed by atoms with E-state index < -0.39 is 0 Å². The van der Waals surface area contributed by atoms with Gasteiger partial charge in [0.15, 0.2) is 0 Å². The standard InChI is InChI=1S/C18H24N4O2/c1-21-11-15(10-20-21)12-22-8-9-23-18-16(22)2-3-17(18)24-13-14-4-6-19-7-5-14/h4-7,10-11,16-18H,2-3,8-9,12-13H2,1H3/t16-,17-,18+/m0/s1. The van der Waals surface area contributed by atoms with Gasteiger partial charge in [-0.2, -0.15) is 5.10 Å². The Morgan fingerprint density at radius 1 is 1.25 bits per heavy atom. The second-order valence-corrected chi connectivity index (χ2v) is 6.68. The van der Waals surface area contributed by atoms with Gasteiger partial charge in [0.25, 0.3) is 0 Å². The fourth-order valence-electron chi connectivity index (χ4n) is 3.84. The van der Waals surface area contributed by atoms with Crippen LogP contribution in [0.4, 0.5) is 0 Å². The van der Waals surface area contributed by atoms with E-state index in [0.717, 1.165) is 38.1 Å². The van der Waals surface area contributed by atoms with E-state index in [0.29, 0.717) is 12.6 Å². The molecule has 0 aromatic carbocycles. The molecule has 0 unspecified atom stereocenters. The van der Waals surface area contributed by atoms with Gasteiger partial charge in [-0.1, -0.05) is 0 Å². The largest absolute Gasteiger partial charge is 0.373 e. The molecule has 4 rings (SSSR count). The van der Waals surface area contributed by atoms with Crippen LogP contribution in [-0.4, -0.2) is 51.1 Å². The Hall–Kier alpha value is -1.76. The van der Waals surface area contributed by atoms with Crippen molar-refractivity contribution in [3.8, 4) is 0 Å². The molecule has 1 aliphatic heterocycles. The third-order valence-electron chi connectivity index (χ3n) is 5.01. The second-order valence-electron chi connectivity index (χ2n) is 6.68. The average molecular weight is 328 g/mol. The summed E-state index contributed by atoms with van der Waals surface area (Å²) >= 11 is 0. The Labute approximate surface area is 142 Å². The van der Waals surface area contributed by atoms with E-state index in [1.165, 1.54) is 5.56 Å². The fraction of sp³-hybridized carbons (Fsp3) is 0.556. The third-order valence-corrected chi connectivity index (χ3v) is 5.01. The summed E-state index contributed by atoms with van der Waals surface area (Å²) in [4.78, 5) is 6.58. The van der Waals surface area contributed by atoms with Crippen LogP contribution >= 0.6 is 0 Å². The molecule has 6 nitrogen and oxygen atoms in total. The number of ether oxygens (including phenoxy) is 2. The Morgan fingerprint density at radius 3 is 2.92 bits per heavy atom. The van der Waals surface area contributed by atoms with E-state index in [1.54, 1.807) is 0 Å². The lowest BCUT2D eigenvalue weighted by Gasteiger charge is -2.38. The topological polar surface area (TPSA) is 52.4 Å². The lowest BCUT2D eigenvalue weighted by atomic mass is 10.1. The molecule has 1 saturated heterocycles. The minimum absolute atomic E-state index is 0.178. The molecule has 3 atom stereocenters. The van der Waals surface area contributed by atoms with Gasteiger partial charge < -0.3 is 9.47 Å². The predicted molar refractivity (Wildman–Crippen MR) is 89.2 cm³/mol. The molecule has 0 spiro atoms. The maximum absolute atomic E-state index is 6.17. The molecule has 1 saturated carbocycles. The van der Waals surface area contributed by atoms with E-state index in [4.69, 9.17) is 9.47 Å². The number of fused-ring (bicyclic) bond motifs is 1. The van der Waals surface area contributed by atoms with Crippen LogP contribution in [0, 0.1) is 0 Å². The van der Waals surface area contributed by atoms with Crippen molar-refractivity contribution in [3.63, 3.8) is 0 Å². The SMILES string of the molecule is Cn1cc(CN2CCO[C@H]3[C@@H](OCc4ccncc4)CC[C@@H]32)cn1. The third kappa shape index (κ3) is 3.36. The first kappa shape index (κ1) is 15.7. The lowest BCUT2D eigenvalue weighted by molar-refractivity contribution is -0.118. The maximum atomic E-state index is 6.17. The minimum Gasteiger partial charge on any atom is -0.373 e. The summed E-state index contributed by atoms with van der Waals surface area (Å²) in [7, 11) is 1.96. The summed E-state index contributed by atoms with van der Waals surface area (Å²) in [6, 6.07) is 4.45. The van der Waals surface area contributed by atoms with Crippen molar-refractivity contribution < 1.29 is 9.47 Å². The highest BCUT2D eigenvalue weighted by atomic mass is 16.5. The van der Waals surface area contributed by atoms with Crippen LogP contribution < -0.4 is 0 Å². The zero-order chi connectivity index (χ0) is 16.4. The van der Waals surface area contributed by atoms with Gasteiger partial charge in [0.1, 0.15) is 0 Å². The number of pyridine rings is 1. The molecule has 2 aliphatic rings. The molecular formula is C18H24N4O2. The Bertz CT molecular complexity index is 660. The Balaban J connectivity index is 1.37. The summed E-state index contributed by atoms with van der Waals surface area (Å²) in [5.74, 6) is 0. The number of hydrogen-bond acceptors (Lipinski definition) is 5. The molecule has 2 aromatic heterocycles. The van der Waals surface area contributed by atoms with E-state index in [1.807, 2.05) is 42.5 Å². The van der Waals surface area contributed by atoms with Gasteiger partial charge in [0, 0.05) is 50.3 Å². The summed E-state index contributed by atoms with van der Waals surface area (Å²) in [5.41, 5.74) is 2.43. The van der Waals surface area contributed by atoms with Crippen molar-refractivity contribution in [2.75, 3.05) is 13.2 Å². The maximum Gasteiger partial charge on any atom is 0.0992 e. The quantitative estimate of drug-likeness (QED) is 0.837. The lowest BCUT2D eigenvalue weighted by Crippen LogP contribution is -2.51. The highest BCUT2D eigenvalue weighted by Gasteiger charge is 2.43. The highest BCUT2D eigenvalue weighted by Crippen LogP contribution is 2.33. The minimum atomic E-state index is 0.178. The van der Waals surface area contributed by atoms with E-state index in [-0.39, 0.29) is 12.2 Å². The number of rotatable bonds is 5. The molecule has 0 N–H and O–H groups in total. The van der Waals surface area contributed by atoms with Gasteiger partial charge in [-0.15, -0.1) is 0 Å². The first-order valence-electron chi connectivity index (χ1n) is 8.63. The van der Waals surface area contributed by atoms with Crippen molar-refractivity contribution in [1.82, 2.24) is 19.7 Å². The summed E-state index contributed by atoms with van der Waals surface area (Å²) in [6.07, 6.45) is 10.2. The van der Waals surface area contributed by atoms with Crippen LogP contribution in [-0.2, 0) is 29.7 Å². The van der Waals surface area contributed by atoms with E-state index in [2.05, 4.69) is 21.2 Å². The smallest absolute Gasteiger partial charge is 0.0992 e. The Morgan fingerprint density at radius 2 is 2.12 bits per heavy atom. The number of nitrogens with zero attached hydrogens (tertiary/aromatic N) is 4. The van der Waals surface area contributed by atoms with Gasteiger partial charge in [0.05, 0.1) is 31.6 Å². The molecule has 6 heteroatoms. The van der Waals surface area contributed by atoms with Crippen molar-refractivity contribution in [2.45, 2.75) is 44.2 Å². The summed E-state index contributed by atoms with van der Waals surface area (Å²) < 4.78 is 14.1. The van der Waals surface area contributed by atoms with Gasteiger partial charge >= 0.3 is 0 Å². The Kier molecular flexibility index (Phi) is 4.60. The van der Waals surface area contributed by atoms with Gasteiger partial charge in [-0.05, 0) is 30.5 Å². The summed E-state index contributed by atoms with van der Waals surface area (Å²) in [5, 5.41) is 4.27. The molecule has 0 bridgehead atoms. The van der Waals surface area contributed by atoms with Crippen LogP contribution in [0.2, 0.25) is 0 Å². The number of morpholine rings is 1. The molecule has 24 heavy (non-hydrogen) atoms. The number of hydrogen-bond donors (Lipinski definition) is 0. The molecule has 1 aliphatic carbocycles. The van der Waals surface area contributed by atoms with Crippen LogP contribution in [0.25, 0.3) is 0 Å². The van der Waals surface area contributed by atoms with Crippen molar-refractivity contribution in [1.29, 1.82) is 0 Å². The van der Waals surface area contributed by atoms with Gasteiger partial charge in [-0.3, -0.25) is 14.6 Å².